The number of nitriles is 1. The van der Waals surface area contributed by atoms with Gasteiger partial charge in [-0.05, 0) is 92.4 Å². The topological polar surface area (TPSA) is 243 Å². The molecule has 5 rings (SSSR count). The fourth-order valence-electron chi connectivity index (χ4n) is 8.32. The van der Waals surface area contributed by atoms with Crippen LogP contribution in [0.25, 0.3) is 22.0 Å². The number of carbonyl (C=O) groups excluding carboxylic acids is 5. The number of ketones is 3. The van der Waals surface area contributed by atoms with Crippen LogP contribution in [0.15, 0.2) is 60.7 Å². The molecule has 0 spiro atoms. The summed E-state index contributed by atoms with van der Waals surface area (Å²) in [6, 6.07) is 17.7. The highest BCUT2D eigenvalue weighted by Crippen LogP contribution is 2.41. The Labute approximate surface area is 387 Å². The molecule has 4 bridgehead atoms. The zero-order chi connectivity index (χ0) is 47.8. The van der Waals surface area contributed by atoms with Crippen LogP contribution >= 0.6 is 0 Å². The number of hydrogen-bond acceptors (Lipinski definition) is 13. The molecule has 15 nitrogen and oxygen atoms in total. The number of fused-ring (bicyclic) bond motifs is 6. The third-order valence-corrected chi connectivity index (χ3v) is 11.9. The third kappa shape index (κ3) is 13.2. The fraction of sp³-hybridized carbons (Fsp3) is 0.471. The number of amides is 2. The zero-order valence-corrected chi connectivity index (χ0v) is 38.7. The van der Waals surface area contributed by atoms with E-state index >= 15 is 0 Å². The number of aromatic nitrogens is 1. The molecule has 1 aliphatic heterocycles. The maximum absolute atomic E-state index is 14.8. The molecule has 3 aromatic carbocycles. The molecule has 15 heteroatoms. The Morgan fingerprint density at radius 1 is 0.879 bits per heavy atom. The van der Waals surface area contributed by atoms with Crippen molar-refractivity contribution in [2.24, 2.45) is 29.0 Å². The van der Waals surface area contributed by atoms with E-state index in [-0.39, 0.29) is 82.9 Å². The van der Waals surface area contributed by atoms with Gasteiger partial charge in [0, 0.05) is 85.4 Å². The first kappa shape index (κ1) is 50.8. The monoisotopic (exact) mass is 903 g/mol. The molecule has 1 aliphatic rings. The van der Waals surface area contributed by atoms with Gasteiger partial charge in [-0.2, -0.15) is 5.26 Å². The minimum atomic E-state index is -1.23. The van der Waals surface area contributed by atoms with Gasteiger partial charge in [-0.25, -0.2) is 0 Å². The van der Waals surface area contributed by atoms with Gasteiger partial charge in [0.25, 0.3) is 0 Å². The fourth-order valence-corrected chi connectivity index (χ4v) is 8.32. The van der Waals surface area contributed by atoms with Gasteiger partial charge in [0.05, 0.1) is 24.2 Å². The van der Waals surface area contributed by atoms with Crippen molar-refractivity contribution in [1.82, 2.24) is 15.2 Å². The molecule has 4 aromatic rings. The highest BCUT2D eigenvalue weighted by Gasteiger charge is 2.36. The highest BCUT2D eigenvalue weighted by atomic mass is 16.5. The molecule has 1 aromatic heterocycles. The third-order valence-electron chi connectivity index (χ3n) is 11.9. The van der Waals surface area contributed by atoms with Gasteiger partial charge < -0.3 is 41.6 Å². The van der Waals surface area contributed by atoms with Crippen LogP contribution in [0.3, 0.4) is 0 Å². The second-order valence-electron chi connectivity index (χ2n) is 17.0. The first-order chi connectivity index (χ1) is 31.8. The van der Waals surface area contributed by atoms with Gasteiger partial charge in [0.15, 0.2) is 17.3 Å². The lowest BCUT2D eigenvalue weighted by Crippen LogP contribution is -2.46. The molecule has 0 unspecified atom stereocenters. The summed E-state index contributed by atoms with van der Waals surface area (Å²) in [7, 11) is 1.51. The minimum Gasteiger partial charge on any atom is -0.494 e. The van der Waals surface area contributed by atoms with Crippen LogP contribution in [0.2, 0.25) is 0 Å². The van der Waals surface area contributed by atoms with Crippen LogP contribution in [0.1, 0.15) is 105 Å². The molecule has 2 heterocycles. The largest absolute Gasteiger partial charge is 0.494 e. The predicted molar refractivity (Wildman–Crippen MR) is 253 cm³/mol. The van der Waals surface area contributed by atoms with Gasteiger partial charge in [-0.1, -0.05) is 45.2 Å². The molecule has 2 amide bonds. The van der Waals surface area contributed by atoms with Crippen LogP contribution in [0.5, 0.6) is 17.2 Å². The molecular formula is C51H65N7O8. The predicted octanol–water partition coefficient (Wildman–Crippen LogP) is 6.09. The van der Waals surface area contributed by atoms with Crippen molar-refractivity contribution in [1.29, 1.82) is 5.26 Å². The summed E-state index contributed by atoms with van der Waals surface area (Å²) < 4.78 is 18.3. The SMILES string of the molecule is CCCCCCOc1ccc2nc(C)c(C(=O)C[C@@H](CCN)C(=O)N(C)[C@@H]3C(=O)C[C@@H](C)C(=O)N[C@H](C(=O)CCC#N)Cc4ccc(OCCN)c(c4)-c4cc3ccc4OCCN)cc2c1. The number of benzene rings is 3. The summed E-state index contributed by atoms with van der Waals surface area (Å²) in [6.45, 7) is 6.96. The molecule has 352 valence electrons. The van der Waals surface area contributed by atoms with Gasteiger partial charge in [-0.15, -0.1) is 0 Å². The molecule has 4 atom stereocenters. The summed E-state index contributed by atoms with van der Waals surface area (Å²) in [5.41, 5.74) is 21.6. The number of unbranched alkanes of at least 4 members (excludes halogenated alkanes) is 3. The highest BCUT2D eigenvalue weighted by molar-refractivity contribution is 6.03. The van der Waals surface area contributed by atoms with E-state index in [1.807, 2.05) is 30.3 Å². The van der Waals surface area contributed by atoms with Crippen LogP contribution in [0.4, 0.5) is 0 Å². The van der Waals surface area contributed by atoms with Crippen molar-refractivity contribution < 1.29 is 38.2 Å². The number of hydrogen-bond donors (Lipinski definition) is 4. The average Bonchev–Trinajstić information content (AvgIpc) is 3.31. The number of nitrogens with two attached hydrogens (primary N) is 3. The number of carbonyl (C=O) groups is 5. The van der Waals surface area contributed by atoms with Crippen LogP contribution < -0.4 is 36.7 Å². The van der Waals surface area contributed by atoms with Crippen molar-refractivity contribution in [3.05, 3.63) is 83.0 Å². The van der Waals surface area contributed by atoms with Gasteiger partial charge >= 0.3 is 0 Å². The number of aryl methyl sites for hydroxylation is 1. The number of nitrogens with zero attached hydrogens (tertiary/aromatic N) is 3. The Balaban J connectivity index is 1.55. The molecular weight excluding hydrogens is 839 g/mol. The van der Waals surface area contributed by atoms with E-state index in [0.717, 1.165) is 31.1 Å². The Morgan fingerprint density at radius 3 is 2.27 bits per heavy atom. The molecule has 0 saturated heterocycles. The smallest absolute Gasteiger partial charge is 0.226 e. The van der Waals surface area contributed by atoms with Crippen LogP contribution in [-0.4, -0.2) is 91.6 Å². The van der Waals surface area contributed by atoms with E-state index in [1.54, 1.807) is 50.2 Å². The van der Waals surface area contributed by atoms with Crippen molar-refractivity contribution in [3.8, 4) is 34.4 Å². The van der Waals surface area contributed by atoms with Crippen LogP contribution in [0, 0.1) is 30.1 Å². The molecule has 0 radical (unpaired) electrons. The van der Waals surface area contributed by atoms with Gasteiger partial charge in [0.1, 0.15) is 36.5 Å². The standard InChI is InChI=1S/C51H65N7O8/c1-5-6-7-8-22-64-38-13-14-42-37(28-38)30-39(33(3)56-42)45(60)31-36(17-19-53)51(63)58(4)49-35-12-16-48(66-24-21-55)41(29-35)40-26-34(11-15-47(40)65-23-20-54)27-43(44(59)10-9-18-52)57-50(62)32(2)25-46(49)61/h11-16,26,28-30,32,36,43,49H,5-10,17,19-25,27,31,53-55H2,1-4H3,(H,57,62)/t32-,36-,43+,49+/m1/s1. The molecule has 0 saturated carbocycles. The number of likely N-dealkylation sites (N-methyl/N-ethyl adjacent to an activating group) is 1. The summed E-state index contributed by atoms with van der Waals surface area (Å²) >= 11 is 0. The van der Waals surface area contributed by atoms with Crippen molar-refractivity contribution in [2.45, 2.75) is 97.1 Å². The lowest BCUT2D eigenvalue weighted by atomic mass is 9.88. The van der Waals surface area contributed by atoms with E-state index in [9.17, 15) is 29.2 Å². The normalized spacial score (nSPS) is 16.7. The Hall–Kier alpha value is -6.21. The molecule has 0 aliphatic carbocycles. The quantitative estimate of drug-likeness (QED) is 0.0516. The second-order valence-corrected chi connectivity index (χ2v) is 17.0. The van der Waals surface area contributed by atoms with Crippen molar-refractivity contribution in [2.75, 3.05) is 46.5 Å². The summed E-state index contributed by atoms with van der Waals surface area (Å²) in [5, 5.41) is 12.8. The Morgan fingerprint density at radius 2 is 1.59 bits per heavy atom. The first-order valence-corrected chi connectivity index (χ1v) is 23.0. The number of Topliss-reactive ketones (excluding diaryl/α,β-unsaturated/α-hetero) is 3. The Kier molecular flexibility index (Phi) is 19.2. The van der Waals surface area contributed by atoms with E-state index < -0.39 is 41.5 Å². The summed E-state index contributed by atoms with van der Waals surface area (Å²) in [6.07, 6.45) is 3.95. The molecule has 0 fully saturated rings. The zero-order valence-electron chi connectivity index (χ0n) is 38.7. The Bertz CT molecular complexity index is 2400. The second kappa shape index (κ2) is 24.9. The lowest BCUT2D eigenvalue weighted by molar-refractivity contribution is -0.142. The number of nitrogens with one attached hydrogen (secondary N) is 1. The van der Waals surface area contributed by atoms with Gasteiger partial charge in [0.2, 0.25) is 11.8 Å². The minimum absolute atomic E-state index is 0.0296. The van der Waals surface area contributed by atoms with Crippen molar-refractivity contribution in [3.63, 3.8) is 0 Å². The first-order valence-electron chi connectivity index (χ1n) is 23.0. The van der Waals surface area contributed by atoms with Gasteiger partial charge in [-0.3, -0.25) is 29.0 Å². The number of rotatable bonds is 22. The van der Waals surface area contributed by atoms with Crippen molar-refractivity contribution >= 4 is 40.1 Å². The van der Waals surface area contributed by atoms with E-state index in [2.05, 4.69) is 12.2 Å². The van der Waals surface area contributed by atoms with E-state index in [1.165, 1.54) is 11.9 Å². The maximum Gasteiger partial charge on any atom is 0.226 e. The molecule has 7 N–H and O–H groups in total. The summed E-state index contributed by atoms with van der Waals surface area (Å²) in [5.74, 6) is -2.40. The average molecular weight is 904 g/mol. The van der Waals surface area contributed by atoms with E-state index in [4.69, 9.17) is 36.4 Å². The number of ether oxygens (including phenoxy) is 3. The maximum atomic E-state index is 14.8. The van der Waals surface area contributed by atoms with Crippen LogP contribution in [-0.2, 0) is 25.6 Å². The summed E-state index contributed by atoms with van der Waals surface area (Å²) in [4.78, 5) is 77.2. The lowest BCUT2D eigenvalue weighted by Gasteiger charge is -2.32. The number of pyridine rings is 1. The van der Waals surface area contributed by atoms with E-state index in [0.29, 0.717) is 62.9 Å². The molecule has 66 heavy (non-hydrogen) atoms.